The highest BCUT2D eigenvalue weighted by Gasteiger charge is 2.30. The number of unbranched alkanes of at least 4 members (excludes halogenated alkanes) is 3. The number of ketones is 2. The summed E-state index contributed by atoms with van der Waals surface area (Å²) < 4.78 is 5.03. The molecule has 0 aliphatic heterocycles. The van der Waals surface area contributed by atoms with Crippen LogP contribution in [0, 0.1) is 0 Å². The average Bonchev–Trinajstić information content (AvgIpc) is 2.71. The molecule has 1 aliphatic rings. The minimum atomic E-state index is -1.07. The van der Waals surface area contributed by atoms with E-state index in [0.29, 0.717) is 12.8 Å². The first-order valence-corrected chi connectivity index (χ1v) is 9.74. The van der Waals surface area contributed by atoms with Crippen LogP contribution in [0.2, 0.25) is 0 Å². The number of aromatic nitrogens is 1. The summed E-state index contributed by atoms with van der Waals surface area (Å²) in [6, 6.07) is 3.96. The fourth-order valence-corrected chi connectivity index (χ4v) is 3.32. The smallest absolute Gasteiger partial charge is 0.331 e. The number of Topliss-reactive ketones (excluding diaryl/α,β-unsaturated/α-hetero) is 2. The van der Waals surface area contributed by atoms with Gasteiger partial charge in [-0.05, 0) is 57.2 Å². The van der Waals surface area contributed by atoms with Crippen LogP contribution in [0.1, 0.15) is 51.5 Å². The molecule has 0 saturated heterocycles. The van der Waals surface area contributed by atoms with Gasteiger partial charge in [0.2, 0.25) is 5.78 Å². The summed E-state index contributed by atoms with van der Waals surface area (Å²) in [5.74, 6) is -1.79. The van der Waals surface area contributed by atoms with Gasteiger partial charge in [0.05, 0.1) is 7.11 Å². The lowest BCUT2D eigenvalue weighted by molar-refractivity contribution is -0.132. The Bertz CT molecular complexity index is 884. The zero-order valence-electron chi connectivity index (χ0n) is 17.6. The number of halogens is 1. The second-order valence-corrected chi connectivity index (χ2v) is 7.11. The van der Waals surface area contributed by atoms with Crippen molar-refractivity contribution in [1.29, 1.82) is 0 Å². The standard InChI is InChI=1S/C23H27NO5.ClH/c1-15-19(20(25)16(2)22(29-3)21(15)26)13-18(23(27)28)11-7-5-4-6-9-17-10-8-12-24-14-17;/h8,10,12-14H,4-7,9,11H2,1-3H3,(H,27,28);1H. The molecule has 2 rings (SSSR count). The zero-order valence-corrected chi connectivity index (χ0v) is 18.4. The van der Waals surface area contributed by atoms with Crippen molar-refractivity contribution in [3.05, 3.63) is 64.2 Å². The molecule has 6 nitrogen and oxygen atoms in total. The number of rotatable bonds is 10. The normalized spacial score (nSPS) is 14.7. The van der Waals surface area contributed by atoms with Crippen LogP contribution in [0.5, 0.6) is 0 Å². The monoisotopic (exact) mass is 433 g/mol. The number of methoxy groups -OCH3 is 1. The van der Waals surface area contributed by atoms with Gasteiger partial charge in [-0.15, -0.1) is 12.4 Å². The highest BCUT2D eigenvalue weighted by atomic mass is 35.5. The van der Waals surface area contributed by atoms with E-state index in [1.165, 1.54) is 32.6 Å². The topological polar surface area (TPSA) is 93.6 Å². The number of ether oxygens (including phenoxy) is 1. The van der Waals surface area contributed by atoms with E-state index in [-0.39, 0.29) is 52.0 Å². The fraction of sp³-hybridized carbons (Fsp3) is 0.391. The number of pyridine rings is 1. The molecule has 162 valence electrons. The van der Waals surface area contributed by atoms with E-state index in [1.807, 2.05) is 18.3 Å². The largest absolute Gasteiger partial charge is 0.492 e. The molecule has 1 heterocycles. The first kappa shape index (κ1) is 25.3. The van der Waals surface area contributed by atoms with E-state index in [1.54, 1.807) is 6.20 Å². The Balaban J connectivity index is 0.00000450. The third-order valence-corrected chi connectivity index (χ3v) is 5.06. The Morgan fingerprint density at radius 1 is 1.10 bits per heavy atom. The molecule has 0 saturated carbocycles. The second kappa shape index (κ2) is 12.1. The Labute approximate surface area is 183 Å². The minimum Gasteiger partial charge on any atom is -0.492 e. The fourth-order valence-electron chi connectivity index (χ4n) is 3.32. The Hall–Kier alpha value is -2.73. The zero-order chi connectivity index (χ0) is 21.4. The highest BCUT2D eigenvalue weighted by molar-refractivity contribution is 6.25. The molecule has 0 fully saturated rings. The van der Waals surface area contributed by atoms with Crippen LogP contribution < -0.4 is 0 Å². The minimum absolute atomic E-state index is 0. The van der Waals surface area contributed by atoms with Gasteiger partial charge in [0.1, 0.15) is 0 Å². The SMILES string of the molecule is COC1=C(C)C(=O)C(C=C(CCCCCCc2cccnc2)C(=O)O)=C(C)C1=O.Cl. The summed E-state index contributed by atoms with van der Waals surface area (Å²) in [6.45, 7) is 3.04. The van der Waals surface area contributed by atoms with Gasteiger partial charge in [0.15, 0.2) is 11.5 Å². The summed E-state index contributed by atoms with van der Waals surface area (Å²) in [5.41, 5.74) is 1.89. The summed E-state index contributed by atoms with van der Waals surface area (Å²) in [6.07, 6.45) is 9.85. The number of carbonyl (C=O) groups excluding carboxylic acids is 2. The first-order valence-electron chi connectivity index (χ1n) is 9.74. The van der Waals surface area contributed by atoms with Crippen molar-refractivity contribution in [3.8, 4) is 0 Å². The molecule has 0 bridgehead atoms. The van der Waals surface area contributed by atoms with Crippen LogP contribution in [0.4, 0.5) is 0 Å². The molecule has 1 aliphatic carbocycles. The quantitative estimate of drug-likeness (QED) is 0.334. The molecule has 30 heavy (non-hydrogen) atoms. The van der Waals surface area contributed by atoms with Crippen molar-refractivity contribution in [2.24, 2.45) is 0 Å². The van der Waals surface area contributed by atoms with Gasteiger partial charge in [-0.25, -0.2) is 4.79 Å². The Morgan fingerprint density at radius 2 is 1.80 bits per heavy atom. The number of nitrogens with zero attached hydrogens (tertiary/aromatic N) is 1. The van der Waals surface area contributed by atoms with Gasteiger partial charge in [0, 0.05) is 34.7 Å². The van der Waals surface area contributed by atoms with E-state index >= 15 is 0 Å². The van der Waals surface area contributed by atoms with Gasteiger partial charge < -0.3 is 9.84 Å². The number of hydrogen-bond donors (Lipinski definition) is 1. The number of aryl methyl sites for hydroxylation is 1. The van der Waals surface area contributed by atoms with Crippen LogP contribution >= 0.6 is 12.4 Å². The molecule has 1 aromatic rings. The number of hydrogen-bond acceptors (Lipinski definition) is 5. The lowest BCUT2D eigenvalue weighted by Gasteiger charge is -2.18. The van der Waals surface area contributed by atoms with Crippen LogP contribution in [0.3, 0.4) is 0 Å². The van der Waals surface area contributed by atoms with Crippen LogP contribution in [0.25, 0.3) is 0 Å². The van der Waals surface area contributed by atoms with Crippen molar-refractivity contribution in [2.75, 3.05) is 7.11 Å². The van der Waals surface area contributed by atoms with E-state index in [4.69, 9.17) is 4.74 Å². The van der Waals surface area contributed by atoms with Gasteiger partial charge in [-0.2, -0.15) is 0 Å². The van der Waals surface area contributed by atoms with Gasteiger partial charge in [-0.3, -0.25) is 14.6 Å². The number of carbonyl (C=O) groups is 3. The molecule has 0 amide bonds. The van der Waals surface area contributed by atoms with E-state index in [9.17, 15) is 19.5 Å². The average molecular weight is 434 g/mol. The van der Waals surface area contributed by atoms with Crippen molar-refractivity contribution in [2.45, 2.75) is 52.4 Å². The molecule has 0 atom stereocenters. The van der Waals surface area contributed by atoms with Crippen molar-refractivity contribution < 1.29 is 24.2 Å². The highest BCUT2D eigenvalue weighted by Crippen LogP contribution is 2.27. The summed E-state index contributed by atoms with van der Waals surface area (Å²) in [5, 5.41) is 9.53. The summed E-state index contributed by atoms with van der Waals surface area (Å²) in [7, 11) is 1.34. The maximum Gasteiger partial charge on any atom is 0.331 e. The summed E-state index contributed by atoms with van der Waals surface area (Å²) in [4.78, 5) is 40.7. The molecule has 0 spiro atoms. The number of allylic oxidation sites excluding steroid dienone is 4. The molecule has 0 radical (unpaired) electrons. The van der Waals surface area contributed by atoms with E-state index in [2.05, 4.69) is 4.98 Å². The Kier molecular flexibility index (Phi) is 10.2. The van der Waals surface area contributed by atoms with E-state index < -0.39 is 5.97 Å². The lowest BCUT2D eigenvalue weighted by atomic mass is 9.88. The number of carboxylic acids is 1. The maximum absolute atomic E-state index is 12.6. The molecule has 1 N–H and O–H groups in total. The van der Waals surface area contributed by atoms with Crippen molar-refractivity contribution >= 4 is 29.9 Å². The molecule has 1 aromatic heterocycles. The van der Waals surface area contributed by atoms with Crippen molar-refractivity contribution in [1.82, 2.24) is 4.98 Å². The number of carboxylic acid groups (broad SMARTS) is 1. The third kappa shape index (κ3) is 6.39. The maximum atomic E-state index is 12.6. The molecule has 7 heteroatoms. The number of aliphatic carboxylic acids is 1. The van der Waals surface area contributed by atoms with Gasteiger partial charge >= 0.3 is 5.97 Å². The lowest BCUT2D eigenvalue weighted by Crippen LogP contribution is -2.22. The van der Waals surface area contributed by atoms with Gasteiger partial charge in [-0.1, -0.05) is 18.9 Å². The van der Waals surface area contributed by atoms with Crippen molar-refractivity contribution in [3.63, 3.8) is 0 Å². The molecule has 0 aromatic carbocycles. The second-order valence-electron chi connectivity index (χ2n) is 7.11. The predicted molar refractivity (Wildman–Crippen MR) is 116 cm³/mol. The molecule has 0 unspecified atom stereocenters. The van der Waals surface area contributed by atoms with Crippen LogP contribution in [-0.4, -0.2) is 34.7 Å². The predicted octanol–water partition coefficient (Wildman–Crippen LogP) is 4.40. The summed E-state index contributed by atoms with van der Waals surface area (Å²) >= 11 is 0. The molecular weight excluding hydrogens is 406 g/mol. The van der Waals surface area contributed by atoms with E-state index in [0.717, 1.165) is 25.7 Å². The third-order valence-electron chi connectivity index (χ3n) is 5.06. The Morgan fingerprint density at radius 3 is 2.40 bits per heavy atom. The van der Waals surface area contributed by atoms with Gasteiger partial charge in [0.25, 0.3) is 0 Å². The van der Waals surface area contributed by atoms with Crippen LogP contribution in [0.15, 0.2) is 58.7 Å². The first-order chi connectivity index (χ1) is 13.9. The molecular formula is C23H28ClNO5. The van der Waals surface area contributed by atoms with Crippen LogP contribution in [-0.2, 0) is 25.5 Å².